The van der Waals surface area contributed by atoms with Crippen LogP contribution < -0.4 is 20.7 Å². The number of hydrogen-bond donors (Lipinski definition) is 0. The molecule has 0 bridgehead atoms. The first-order chi connectivity index (χ1) is 24.7. The molecule has 0 radical (unpaired) electrons. The topological polar surface area (TPSA) is 38.7 Å². The summed E-state index contributed by atoms with van der Waals surface area (Å²) in [5.74, 6) is 1.06. The van der Waals surface area contributed by atoms with E-state index in [9.17, 15) is 0 Å². The molecule has 5 heteroatoms. The van der Waals surface area contributed by atoms with Crippen LogP contribution in [0.5, 0.6) is 0 Å². The summed E-state index contributed by atoms with van der Waals surface area (Å²) in [5.41, 5.74) is 6.13. The van der Waals surface area contributed by atoms with Gasteiger partial charge in [0.2, 0.25) is 5.28 Å². The van der Waals surface area contributed by atoms with Gasteiger partial charge in [0.05, 0.1) is 0 Å². The maximum Gasteiger partial charge on any atom is 0.226 e. The summed E-state index contributed by atoms with van der Waals surface area (Å²) in [6, 6.07) is 68.6. The quantitative estimate of drug-likeness (QED) is 0.120. The smallest absolute Gasteiger partial charge is 0.208 e. The third-order valence-corrected chi connectivity index (χ3v) is 14.1. The molecule has 1 heterocycles. The van der Waals surface area contributed by atoms with Crippen LogP contribution in [-0.4, -0.2) is 23.0 Å². The van der Waals surface area contributed by atoms with E-state index >= 15 is 0 Å². The first-order valence-electron chi connectivity index (χ1n) is 16.6. The highest BCUT2D eigenvalue weighted by Gasteiger charge is 2.41. The summed E-state index contributed by atoms with van der Waals surface area (Å²) < 4.78 is 0. The second-order valence-corrected chi connectivity index (χ2v) is 16.4. The number of halogens is 1. The lowest BCUT2D eigenvalue weighted by molar-refractivity contribution is 1.07. The summed E-state index contributed by atoms with van der Waals surface area (Å²) in [7, 11) is -2.75. The van der Waals surface area contributed by atoms with Gasteiger partial charge < -0.3 is 0 Å². The van der Waals surface area contributed by atoms with Gasteiger partial charge in [-0.05, 0) is 72.8 Å². The first-order valence-corrected chi connectivity index (χ1v) is 19.0. The predicted molar refractivity (Wildman–Crippen MR) is 210 cm³/mol. The zero-order chi connectivity index (χ0) is 33.8. The van der Waals surface area contributed by atoms with Crippen molar-refractivity contribution in [1.29, 1.82) is 0 Å². The number of benzene rings is 7. The molecule has 8 aromatic rings. The lowest BCUT2D eigenvalue weighted by Gasteiger charge is -2.34. The van der Waals surface area contributed by atoms with Gasteiger partial charge in [-0.2, -0.15) is 9.97 Å². The molecule has 50 heavy (non-hydrogen) atoms. The highest BCUT2D eigenvalue weighted by Crippen LogP contribution is 2.32. The highest BCUT2D eigenvalue weighted by atomic mass is 35.5. The second-order valence-electron chi connectivity index (χ2n) is 12.2. The molecule has 0 N–H and O–H groups in total. The Kier molecular flexibility index (Phi) is 8.70. The SMILES string of the molecule is Clc1nc(-c2cc(-c3ccccc3)cc(-c3ccccc3)c2)nc(-c2cccc([Si](c3ccccc3)(c3ccccc3)c3ccccc3)c2)n1. The summed E-state index contributed by atoms with van der Waals surface area (Å²) in [6.07, 6.45) is 0. The predicted octanol–water partition coefficient (Wildman–Crippen LogP) is 8.57. The molecule has 238 valence electrons. The maximum atomic E-state index is 6.73. The number of aromatic nitrogens is 3. The van der Waals surface area contributed by atoms with Gasteiger partial charge >= 0.3 is 0 Å². The molecule has 7 aromatic carbocycles. The Morgan fingerprint density at radius 3 is 1.12 bits per heavy atom. The molecular weight excluding hydrogens is 646 g/mol. The van der Waals surface area contributed by atoms with Gasteiger partial charge in [-0.1, -0.05) is 176 Å². The molecule has 0 fully saturated rings. The van der Waals surface area contributed by atoms with E-state index in [1.165, 1.54) is 20.7 Å². The lowest BCUT2D eigenvalue weighted by Crippen LogP contribution is -2.74. The van der Waals surface area contributed by atoms with Crippen LogP contribution in [-0.2, 0) is 0 Å². The van der Waals surface area contributed by atoms with E-state index in [0.717, 1.165) is 33.4 Å². The van der Waals surface area contributed by atoms with Crippen LogP contribution in [0.1, 0.15) is 0 Å². The van der Waals surface area contributed by atoms with Crippen molar-refractivity contribution in [2.75, 3.05) is 0 Å². The largest absolute Gasteiger partial charge is 0.226 e. The molecule has 0 aliphatic rings. The minimum Gasteiger partial charge on any atom is -0.208 e. The van der Waals surface area contributed by atoms with Crippen LogP contribution in [0.15, 0.2) is 194 Å². The molecule has 1 aromatic heterocycles. The Balaban J connectivity index is 1.31. The van der Waals surface area contributed by atoms with Gasteiger partial charge in [-0.25, -0.2) is 4.98 Å². The molecule has 0 amide bonds. The zero-order valence-electron chi connectivity index (χ0n) is 27.2. The average Bonchev–Trinajstić information content (AvgIpc) is 3.20. The number of hydrogen-bond acceptors (Lipinski definition) is 3. The van der Waals surface area contributed by atoms with Crippen molar-refractivity contribution in [2.24, 2.45) is 0 Å². The van der Waals surface area contributed by atoms with E-state index in [1.807, 2.05) is 12.1 Å². The molecule has 3 nitrogen and oxygen atoms in total. The second kappa shape index (κ2) is 13.9. The van der Waals surface area contributed by atoms with Gasteiger partial charge in [0, 0.05) is 11.1 Å². The molecule has 0 atom stereocenters. The van der Waals surface area contributed by atoms with E-state index in [4.69, 9.17) is 21.6 Å². The third-order valence-electron chi connectivity index (χ3n) is 9.19. The fraction of sp³-hybridized carbons (Fsp3) is 0. The average molecular weight is 678 g/mol. The van der Waals surface area contributed by atoms with Crippen LogP contribution in [0.2, 0.25) is 5.28 Å². The Hall–Kier alpha value is -5.94. The molecule has 0 aliphatic carbocycles. The van der Waals surface area contributed by atoms with Crippen molar-refractivity contribution < 1.29 is 0 Å². The molecule has 0 aliphatic heterocycles. The van der Waals surface area contributed by atoms with Crippen LogP contribution in [0, 0.1) is 0 Å². The van der Waals surface area contributed by atoms with E-state index in [-0.39, 0.29) is 5.28 Å². The van der Waals surface area contributed by atoms with Crippen molar-refractivity contribution >= 4 is 40.4 Å². The van der Waals surface area contributed by atoms with Gasteiger partial charge in [-0.15, -0.1) is 0 Å². The monoisotopic (exact) mass is 677 g/mol. The fourth-order valence-electron chi connectivity index (χ4n) is 6.92. The van der Waals surface area contributed by atoms with E-state index in [0.29, 0.717) is 11.6 Å². The van der Waals surface area contributed by atoms with E-state index in [1.54, 1.807) is 0 Å². The number of rotatable bonds is 8. The van der Waals surface area contributed by atoms with Crippen LogP contribution >= 0.6 is 11.6 Å². The molecule has 0 spiro atoms. The van der Waals surface area contributed by atoms with Gasteiger partial charge in [0.15, 0.2) is 19.7 Å². The maximum absolute atomic E-state index is 6.73. The molecule has 8 rings (SSSR count). The van der Waals surface area contributed by atoms with Crippen LogP contribution in [0.3, 0.4) is 0 Å². The summed E-state index contributed by atoms with van der Waals surface area (Å²) >= 11 is 6.73. The van der Waals surface area contributed by atoms with Crippen molar-refractivity contribution in [1.82, 2.24) is 15.0 Å². The molecule has 0 saturated heterocycles. The fourth-order valence-corrected chi connectivity index (χ4v) is 11.9. The van der Waals surface area contributed by atoms with Crippen molar-refractivity contribution in [3.63, 3.8) is 0 Å². The van der Waals surface area contributed by atoms with Crippen molar-refractivity contribution in [3.8, 4) is 45.0 Å². The Morgan fingerprint density at radius 1 is 0.300 bits per heavy atom. The van der Waals surface area contributed by atoms with Gasteiger partial charge in [0.25, 0.3) is 0 Å². The summed E-state index contributed by atoms with van der Waals surface area (Å²) in [5, 5.41) is 5.29. The lowest BCUT2D eigenvalue weighted by atomic mass is 9.96. The summed E-state index contributed by atoms with van der Waals surface area (Å²) in [6.45, 7) is 0. The van der Waals surface area contributed by atoms with Gasteiger partial charge in [-0.3, -0.25) is 0 Å². The Labute approximate surface area is 298 Å². The molecular formula is C45H32ClN3Si. The minimum atomic E-state index is -2.75. The van der Waals surface area contributed by atoms with Gasteiger partial charge in [0.1, 0.15) is 0 Å². The first kappa shape index (κ1) is 31.3. The van der Waals surface area contributed by atoms with E-state index in [2.05, 4.69) is 187 Å². The number of nitrogens with zero attached hydrogens (tertiary/aromatic N) is 3. The third kappa shape index (κ3) is 6.07. The van der Waals surface area contributed by atoms with Crippen LogP contribution in [0.4, 0.5) is 0 Å². The normalized spacial score (nSPS) is 11.3. The molecule has 0 saturated carbocycles. The van der Waals surface area contributed by atoms with Crippen LogP contribution in [0.25, 0.3) is 45.0 Å². The Bertz CT molecular complexity index is 2220. The standard InChI is InChI=1S/C45H32ClN3Si/c46-45-48-43(47-44(49-45)38-30-36(33-17-6-1-7-18-33)29-37(31-38)34-19-8-2-9-20-34)35-21-16-28-42(32-35)50(39-22-10-3-11-23-39,40-24-12-4-13-25-40)41-26-14-5-15-27-41/h1-32H. The highest BCUT2D eigenvalue weighted by molar-refractivity contribution is 7.19. The Morgan fingerprint density at radius 2 is 0.660 bits per heavy atom. The molecule has 0 unspecified atom stereocenters. The van der Waals surface area contributed by atoms with Crippen molar-refractivity contribution in [3.05, 3.63) is 199 Å². The summed E-state index contributed by atoms with van der Waals surface area (Å²) in [4.78, 5) is 14.4. The van der Waals surface area contributed by atoms with Crippen molar-refractivity contribution in [2.45, 2.75) is 0 Å². The van der Waals surface area contributed by atoms with E-state index < -0.39 is 8.07 Å². The zero-order valence-corrected chi connectivity index (χ0v) is 29.0. The minimum absolute atomic E-state index is 0.152.